The van der Waals surface area contributed by atoms with Crippen molar-refractivity contribution in [2.24, 2.45) is 5.92 Å². The highest BCUT2D eigenvalue weighted by molar-refractivity contribution is 5.84. The minimum Gasteiger partial charge on any atom is -0.492 e. The van der Waals surface area contributed by atoms with Crippen LogP contribution < -0.4 is 20.3 Å². The van der Waals surface area contributed by atoms with Crippen LogP contribution in [-0.2, 0) is 22.4 Å². The van der Waals surface area contributed by atoms with E-state index in [2.05, 4.69) is 10.9 Å². The highest BCUT2D eigenvalue weighted by Gasteiger charge is 2.26. The van der Waals surface area contributed by atoms with Crippen LogP contribution in [0.5, 0.6) is 11.5 Å². The largest absolute Gasteiger partial charge is 0.492 e. The van der Waals surface area contributed by atoms with Crippen molar-refractivity contribution in [1.29, 1.82) is 0 Å². The Hall–Kier alpha value is -3.02. The molecule has 0 radical (unpaired) electrons. The van der Waals surface area contributed by atoms with E-state index in [0.29, 0.717) is 18.8 Å². The number of rotatable bonds is 5. The molecule has 2 N–H and O–H groups in total. The number of hydrogen-bond donors (Lipinski definition) is 2. The lowest BCUT2D eigenvalue weighted by molar-refractivity contribution is -0.132. The Morgan fingerprint density at radius 1 is 1.12 bits per heavy atom. The Balaban J connectivity index is 1.45. The molecule has 0 saturated heterocycles. The Bertz CT molecular complexity index is 791. The third-order valence-electron chi connectivity index (χ3n) is 4.29. The van der Waals surface area contributed by atoms with Crippen LogP contribution in [0, 0.1) is 5.92 Å². The van der Waals surface area contributed by atoms with E-state index in [1.54, 1.807) is 0 Å². The van der Waals surface area contributed by atoms with Crippen molar-refractivity contribution in [2.45, 2.75) is 19.8 Å². The van der Waals surface area contributed by atoms with E-state index in [9.17, 15) is 9.59 Å². The summed E-state index contributed by atoms with van der Waals surface area (Å²) in [6.07, 6.45) is 1.40. The van der Waals surface area contributed by atoms with Gasteiger partial charge in [-0.15, -0.1) is 0 Å². The summed E-state index contributed by atoms with van der Waals surface area (Å²) in [5.41, 5.74) is 6.86. The zero-order chi connectivity index (χ0) is 18.4. The molecule has 1 aliphatic heterocycles. The molecule has 26 heavy (non-hydrogen) atoms. The second-order valence-corrected chi connectivity index (χ2v) is 6.11. The van der Waals surface area contributed by atoms with Crippen LogP contribution in [0.3, 0.4) is 0 Å². The molecule has 2 aromatic rings. The molecule has 3 rings (SSSR count). The van der Waals surface area contributed by atoms with E-state index in [1.807, 2.05) is 55.5 Å². The van der Waals surface area contributed by atoms with Gasteiger partial charge in [0, 0.05) is 0 Å². The fourth-order valence-electron chi connectivity index (χ4n) is 2.85. The number of fused-ring (bicyclic) bond motifs is 1. The predicted octanol–water partition coefficient (Wildman–Crippen LogP) is 2.03. The monoisotopic (exact) mass is 354 g/mol. The fraction of sp³-hybridized carbons (Fsp3) is 0.300. The molecule has 6 nitrogen and oxygen atoms in total. The first-order valence-electron chi connectivity index (χ1n) is 8.67. The minimum atomic E-state index is -0.415. The maximum atomic E-state index is 12.2. The predicted molar refractivity (Wildman–Crippen MR) is 96.7 cm³/mol. The van der Waals surface area contributed by atoms with E-state index in [-0.39, 0.29) is 18.4 Å². The van der Waals surface area contributed by atoms with Crippen molar-refractivity contribution >= 4 is 11.8 Å². The van der Waals surface area contributed by atoms with Crippen LogP contribution in [-0.4, -0.2) is 25.0 Å². The Labute approximate surface area is 152 Å². The first-order chi connectivity index (χ1) is 12.7. The van der Waals surface area contributed by atoms with Gasteiger partial charge in [0.15, 0.2) is 6.61 Å². The number of hydrogen-bond acceptors (Lipinski definition) is 4. The van der Waals surface area contributed by atoms with E-state index < -0.39 is 5.91 Å². The standard InChI is InChI=1S/C20H22N2O4/c1-2-14-7-3-5-9-17(14)26-13-19(23)21-22-20(24)16-11-15-8-4-6-10-18(15)25-12-16/h3-10,16H,2,11-13H2,1H3,(H,21,23)(H,22,24). The number of aryl methyl sites for hydroxylation is 1. The summed E-state index contributed by atoms with van der Waals surface area (Å²) in [4.78, 5) is 24.2. The Kier molecular flexibility index (Phi) is 5.73. The van der Waals surface area contributed by atoms with Crippen molar-refractivity contribution < 1.29 is 19.1 Å². The van der Waals surface area contributed by atoms with Gasteiger partial charge in [-0.3, -0.25) is 20.4 Å². The first-order valence-corrected chi connectivity index (χ1v) is 8.67. The number of hydrazine groups is 1. The van der Waals surface area contributed by atoms with E-state index >= 15 is 0 Å². The summed E-state index contributed by atoms with van der Waals surface area (Å²) in [5.74, 6) is 0.451. The number of amides is 2. The summed E-state index contributed by atoms with van der Waals surface area (Å²) in [5, 5.41) is 0. The molecule has 1 atom stereocenters. The molecule has 1 aliphatic rings. The molecule has 0 aromatic heterocycles. The highest BCUT2D eigenvalue weighted by Crippen LogP contribution is 2.26. The van der Waals surface area contributed by atoms with Crippen LogP contribution >= 0.6 is 0 Å². The Morgan fingerprint density at radius 3 is 2.73 bits per heavy atom. The molecule has 136 valence electrons. The molecule has 0 spiro atoms. The second-order valence-electron chi connectivity index (χ2n) is 6.11. The van der Waals surface area contributed by atoms with Crippen molar-refractivity contribution in [2.75, 3.05) is 13.2 Å². The number of ether oxygens (including phenoxy) is 2. The second kappa shape index (κ2) is 8.38. The number of para-hydroxylation sites is 2. The maximum absolute atomic E-state index is 12.2. The molecule has 6 heteroatoms. The van der Waals surface area contributed by atoms with Gasteiger partial charge in [0.2, 0.25) is 5.91 Å². The first kappa shape index (κ1) is 17.8. The fourth-order valence-corrected chi connectivity index (χ4v) is 2.85. The van der Waals surface area contributed by atoms with Gasteiger partial charge in [0.1, 0.15) is 18.1 Å². The normalized spacial score (nSPS) is 15.3. The molecular formula is C20H22N2O4. The maximum Gasteiger partial charge on any atom is 0.276 e. The van der Waals surface area contributed by atoms with Crippen LogP contribution in [0.4, 0.5) is 0 Å². The Morgan fingerprint density at radius 2 is 1.88 bits per heavy atom. The molecule has 1 heterocycles. The molecule has 0 fully saturated rings. The van der Waals surface area contributed by atoms with Gasteiger partial charge >= 0.3 is 0 Å². The lowest BCUT2D eigenvalue weighted by Gasteiger charge is -2.24. The van der Waals surface area contributed by atoms with Gasteiger partial charge in [0.05, 0.1) is 5.92 Å². The molecule has 2 amide bonds. The number of carbonyl (C=O) groups is 2. The van der Waals surface area contributed by atoms with E-state index in [0.717, 1.165) is 23.3 Å². The quantitative estimate of drug-likeness (QED) is 0.806. The summed E-state index contributed by atoms with van der Waals surface area (Å²) in [6.45, 7) is 2.15. The van der Waals surface area contributed by atoms with Gasteiger partial charge in [0.25, 0.3) is 5.91 Å². The van der Waals surface area contributed by atoms with Crippen LogP contribution in [0.2, 0.25) is 0 Å². The van der Waals surface area contributed by atoms with Crippen LogP contribution in [0.25, 0.3) is 0 Å². The third kappa shape index (κ3) is 4.33. The van der Waals surface area contributed by atoms with Crippen LogP contribution in [0.15, 0.2) is 48.5 Å². The van der Waals surface area contributed by atoms with Crippen molar-refractivity contribution in [1.82, 2.24) is 10.9 Å². The number of benzene rings is 2. The van der Waals surface area contributed by atoms with Crippen molar-refractivity contribution in [3.05, 3.63) is 59.7 Å². The summed E-state index contributed by atoms with van der Waals surface area (Å²) < 4.78 is 11.1. The van der Waals surface area contributed by atoms with Gasteiger partial charge in [-0.1, -0.05) is 43.3 Å². The van der Waals surface area contributed by atoms with Crippen LogP contribution in [0.1, 0.15) is 18.1 Å². The summed E-state index contributed by atoms with van der Waals surface area (Å²) in [7, 11) is 0. The van der Waals surface area contributed by atoms with Crippen molar-refractivity contribution in [3.8, 4) is 11.5 Å². The lowest BCUT2D eigenvalue weighted by Crippen LogP contribution is -2.48. The average Bonchev–Trinajstić information content (AvgIpc) is 2.70. The van der Waals surface area contributed by atoms with Gasteiger partial charge < -0.3 is 9.47 Å². The molecule has 1 unspecified atom stereocenters. The van der Waals surface area contributed by atoms with E-state index in [1.165, 1.54) is 0 Å². The zero-order valence-corrected chi connectivity index (χ0v) is 14.7. The van der Waals surface area contributed by atoms with Crippen molar-refractivity contribution in [3.63, 3.8) is 0 Å². The molecule has 0 aliphatic carbocycles. The SMILES string of the molecule is CCc1ccccc1OCC(=O)NNC(=O)C1COc2ccccc2C1. The number of nitrogens with one attached hydrogen (secondary N) is 2. The smallest absolute Gasteiger partial charge is 0.276 e. The average molecular weight is 354 g/mol. The third-order valence-corrected chi connectivity index (χ3v) is 4.29. The molecule has 0 bridgehead atoms. The number of carbonyl (C=O) groups excluding carboxylic acids is 2. The lowest BCUT2D eigenvalue weighted by atomic mass is 9.96. The topological polar surface area (TPSA) is 76.7 Å². The molecular weight excluding hydrogens is 332 g/mol. The highest BCUT2D eigenvalue weighted by atomic mass is 16.5. The van der Waals surface area contributed by atoms with Gasteiger partial charge in [-0.25, -0.2) is 0 Å². The summed E-state index contributed by atoms with van der Waals surface area (Å²) in [6, 6.07) is 15.2. The van der Waals surface area contributed by atoms with Gasteiger partial charge in [-0.05, 0) is 36.1 Å². The molecule has 0 saturated carbocycles. The zero-order valence-electron chi connectivity index (χ0n) is 14.7. The van der Waals surface area contributed by atoms with E-state index in [4.69, 9.17) is 9.47 Å². The molecule has 2 aromatic carbocycles. The minimum absolute atomic E-state index is 0.165. The summed E-state index contributed by atoms with van der Waals surface area (Å²) >= 11 is 0. The van der Waals surface area contributed by atoms with Gasteiger partial charge in [-0.2, -0.15) is 0 Å².